The summed E-state index contributed by atoms with van der Waals surface area (Å²) in [7, 11) is 0. The highest BCUT2D eigenvalue weighted by atomic mass is 15.3. The Bertz CT molecular complexity index is 723. The van der Waals surface area contributed by atoms with E-state index in [0.29, 0.717) is 0 Å². The van der Waals surface area contributed by atoms with Crippen LogP contribution in [0.5, 0.6) is 0 Å². The molecule has 0 unspecified atom stereocenters. The third kappa shape index (κ3) is 3.20. The number of nitrogens with one attached hydrogen (secondary N) is 1. The summed E-state index contributed by atoms with van der Waals surface area (Å²) < 4.78 is 0. The van der Waals surface area contributed by atoms with Gasteiger partial charge in [0.25, 0.3) is 0 Å². The average Bonchev–Trinajstić information content (AvgIpc) is 2.59. The van der Waals surface area contributed by atoms with Gasteiger partial charge in [0.15, 0.2) is 0 Å². The van der Waals surface area contributed by atoms with Crippen LogP contribution in [0.2, 0.25) is 0 Å². The molecule has 0 saturated carbocycles. The van der Waals surface area contributed by atoms with Crippen molar-refractivity contribution in [3.63, 3.8) is 0 Å². The zero-order chi connectivity index (χ0) is 15.2. The molecule has 2 aromatic carbocycles. The lowest BCUT2D eigenvalue weighted by molar-refractivity contribution is 1.24. The predicted molar refractivity (Wildman–Crippen MR) is 91.1 cm³/mol. The van der Waals surface area contributed by atoms with Crippen molar-refractivity contribution in [2.75, 3.05) is 5.43 Å². The van der Waals surface area contributed by atoms with E-state index in [0.717, 1.165) is 28.2 Å². The first-order valence-corrected chi connectivity index (χ1v) is 7.21. The topological polar surface area (TPSA) is 37.3 Å². The first kappa shape index (κ1) is 14.0. The normalized spacial score (nSPS) is 11.2. The molecule has 0 fully saturated rings. The van der Waals surface area contributed by atoms with Gasteiger partial charge in [-0.3, -0.25) is 10.4 Å². The van der Waals surface area contributed by atoms with Crippen molar-refractivity contribution in [3.8, 4) is 0 Å². The second-order valence-corrected chi connectivity index (χ2v) is 4.97. The fourth-order valence-electron chi connectivity index (χ4n) is 2.18. The largest absolute Gasteiger partial charge is 0.278 e. The zero-order valence-electron chi connectivity index (χ0n) is 12.4. The lowest BCUT2D eigenvalue weighted by Crippen LogP contribution is -2.08. The number of rotatable bonds is 4. The molecule has 0 spiro atoms. The maximum absolute atomic E-state index is 4.60. The number of para-hydroxylation sites is 1. The number of benzene rings is 2. The SMILES string of the molecule is Cc1ccccc1N/N=C(\c1ccccc1)c1ccccn1. The van der Waals surface area contributed by atoms with Crippen LogP contribution in [0.15, 0.2) is 84.1 Å². The van der Waals surface area contributed by atoms with E-state index in [2.05, 4.69) is 28.5 Å². The van der Waals surface area contributed by atoms with Crippen LogP contribution < -0.4 is 5.43 Å². The number of hydrazone groups is 1. The van der Waals surface area contributed by atoms with E-state index >= 15 is 0 Å². The highest BCUT2D eigenvalue weighted by molar-refractivity contribution is 6.11. The molecule has 1 N–H and O–H groups in total. The van der Waals surface area contributed by atoms with E-state index in [-0.39, 0.29) is 0 Å². The molecule has 22 heavy (non-hydrogen) atoms. The van der Waals surface area contributed by atoms with Gasteiger partial charge in [-0.05, 0) is 30.7 Å². The highest BCUT2D eigenvalue weighted by Gasteiger charge is 2.08. The Morgan fingerprint density at radius 2 is 1.59 bits per heavy atom. The molecule has 1 aromatic heterocycles. The van der Waals surface area contributed by atoms with Gasteiger partial charge >= 0.3 is 0 Å². The Hall–Kier alpha value is -2.94. The molecule has 0 aliphatic rings. The van der Waals surface area contributed by atoms with Crippen LogP contribution in [-0.2, 0) is 0 Å². The molecule has 3 aromatic rings. The maximum atomic E-state index is 4.60. The Morgan fingerprint density at radius 3 is 2.32 bits per heavy atom. The fraction of sp³-hybridized carbons (Fsp3) is 0.0526. The second-order valence-electron chi connectivity index (χ2n) is 4.97. The molecule has 0 bridgehead atoms. The third-order valence-corrected chi connectivity index (χ3v) is 3.39. The predicted octanol–water partition coefficient (Wildman–Crippen LogP) is 4.25. The molecule has 108 valence electrons. The molecule has 3 nitrogen and oxygen atoms in total. The monoisotopic (exact) mass is 287 g/mol. The molecule has 0 atom stereocenters. The van der Waals surface area contributed by atoms with E-state index in [1.54, 1.807) is 6.20 Å². The average molecular weight is 287 g/mol. The van der Waals surface area contributed by atoms with Crippen LogP contribution in [-0.4, -0.2) is 10.7 Å². The van der Waals surface area contributed by atoms with Crippen molar-refractivity contribution < 1.29 is 0 Å². The lowest BCUT2D eigenvalue weighted by Gasteiger charge is -2.09. The van der Waals surface area contributed by atoms with Crippen molar-refractivity contribution in [2.24, 2.45) is 5.10 Å². The first-order valence-electron chi connectivity index (χ1n) is 7.21. The molecule has 0 amide bonds. The number of hydrogen-bond donors (Lipinski definition) is 1. The number of anilines is 1. The summed E-state index contributed by atoms with van der Waals surface area (Å²) in [5, 5.41) is 4.60. The standard InChI is InChI=1S/C19H17N3/c1-15-9-5-6-12-17(15)21-22-19(16-10-3-2-4-11-16)18-13-7-8-14-20-18/h2-14,21H,1H3/b22-19+. The van der Waals surface area contributed by atoms with Crippen LogP contribution in [0.25, 0.3) is 0 Å². The molecular weight excluding hydrogens is 270 g/mol. The molecule has 1 heterocycles. The quantitative estimate of drug-likeness (QED) is 0.575. The van der Waals surface area contributed by atoms with Gasteiger partial charge in [0, 0.05) is 11.8 Å². The zero-order valence-corrected chi connectivity index (χ0v) is 12.4. The number of nitrogens with zero attached hydrogens (tertiary/aromatic N) is 2. The number of hydrogen-bond acceptors (Lipinski definition) is 3. The molecule has 3 heteroatoms. The summed E-state index contributed by atoms with van der Waals surface area (Å²) in [5.74, 6) is 0. The summed E-state index contributed by atoms with van der Waals surface area (Å²) in [5.41, 5.74) is 8.00. The summed E-state index contributed by atoms with van der Waals surface area (Å²) in [6.45, 7) is 2.06. The smallest absolute Gasteiger partial charge is 0.116 e. The minimum absolute atomic E-state index is 0.824. The molecule has 0 saturated heterocycles. The molecule has 0 radical (unpaired) electrons. The van der Waals surface area contributed by atoms with E-state index in [4.69, 9.17) is 0 Å². The van der Waals surface area contributed by atoms with Gasteiger partial charge in [0.2, 0.25) is 0 Å². The lowest BCUT2D eigenvalue weighted by atomic mass is 10.1. The van der Waals surface area contributed by atoms with Crippen LogP contribution >= 0.6 is 0 Å². The summed E-state index contributed by atoms with van der Waals surface area (Å²) >= 11 is 0. The number of pyridine rings is 1. The van der Waals surface area contributed by atoms with E-state index < -0.39 is 0 Å². The van der Waals surface area contributed by atoms with E-state index in [9.17, 15) is 0 Å². The van der Waals surface area contributed by atoms with Crippen LogP contribution in [0.3, 0.4) is 0 Å². The molecule has 3 rings (SSSR count). The molecule has 0 aliphatic carbocycles. The van der Waals surface area contributed by atoms with Gasteiger partial charge in [0.05, 0.1) is 11.4 Å². The van der Waals surface area contributed by atoms with Crippen LogP contribution in [0.4, 0.5) is 5.69 Å². The van der Waals surface area contributed by atoms with E-state index in [1.807, 2.05) is 66.7 Å². The Balaban J connectivity index is 1.99. The Labute approximate surface area is 130 Å². The minimum atomic E-state index is 0.824. The van der Waals surface area contributed by atoms with Gasteiger partial charge in [-0.15, -0.1) is 0 Å². The Kier molecular flexibility index (Phi) is 4.25. The fourth-order valence-corrected chi connectivity index (χ4v) is 2.18. The van der Waals surface area contributed by atoms with E-state index in [1.165, 1.54) is 0 Å². The number of aryl methyl sites for hydroxylation is 1. The third-order valence-electron chi connectivity index (χ3n) is 3.39. The first-order chi connectivity index (χ1) is 10.8. The van der Waals surface area contributed by atoms with Crippen molar-refractivity contribution in [1.29, 1.82) is 0 Å². The summed E-state index contributed by atoms with van der Waals surface area (Å²) in [6, 6.07) is 24.0. The highest BCUT2D eigenvalue weighted by Crippen LogP contribution is 2.15. The molecule has 0 aliphatic heterocycles. The summed E-state index contributed by atoms with van der Waals surface area (Å²) in [6.07, 6.45) is 1.78. The van der Waals surface area contributed by atoms with Crippen LogP contribution in [0, 0.1) is 6.92 Å². The second kappa shape index (κ2) is 6.68. The van der Waals surface area contributed by atoms with Gasteiger partial charge in [-0.25, -0.2) is 0 Å². The minimum Gasteiger partial charge on any atom is -0.278 e. The van der Waals surface area contributed by atoms with Gasteiger partial charge < -0.3 is 0 Å². The van der Waals surface area contributed by atoms with Gasteiger partial charge in [-0.2, -0.15) is 5.10 Å². The van der Waals surface area contributed by atoms with Gasteiger partial charge in [0.1, 0.15) is 5.71 Å². The number of aromatic nitrogens is 1. The van der Waals surface area contributed by atoms with Crippen molar-refractivity contribution in [2.45, 2.75) is 6.92 Å². The van der Waals surface area contributed by atoms with Gasteiger partial charge in [-0.1, -0.05) is 54.6 Å². The molecular formula is C19H17N3. The summed E-state index contributed by atoms with van der Waals surface area (Å²) in [4.78, 5) is 4.42. The Morgan fingerprint density at radius 1 is 0.864 bits per heavy atom. The van der Waals surface area contributed by atoms with Crippen LogP contribution in [0.1, 0.15) is 16.8 Å². The van der Waals surface area contributed by atoms with Crippen molar-refractivity contribution in [3.05, 3.63) is 95.8 Å². The maximum Gasteiger partial charge on any atom is 0.116 e. The van der Waals surface area contributed by atoms with Crippen molar-refractivity contribution in [1.82, 2.24) is 4.98 Å². The van der Waals surface area contributed by atoms with Crippen molar-refractivity contribution >= 4 is 11.4 Å².